The smallest absolute Gasteiger partial charge is 0.237 e. The molecule has 0 spiro atoms. The van der Waals surface area contributed by atoms with Crippen LogP contribution in [0.4, 0.5) is 5.69 Å². The standard InChI is InChI=1S/C21H19N5OS/c1-14-10-12-17(13-11-14)26-21(23-24-25-26)28-15(2)20(27)22-19-9-5-7-16-6-3-4-8-18(16)19/h3-13,15H,1-2H3,(H,22,27). The molecule has 1 unspecified atom stereocenters. The van der Waals surface area contributed by atoms with Crippen molar-refractivity contribution in [1.29, 1.82) is 0 Å². The third-order valence-corrected chi connectivity index (χ3v) is 5.45. The van der Waals surface area contributed by atoms with Gasteiger partial charge in [-0.15, -0.1) is 5.10 Å². The predicted octanol–water partition coefficient (Wildman–Crippen LogP) is 4.24. The van der Waals surface area contributed by atoms with Crippen molar-refractivity contribution in [3.8, 4) is 5.69 Å². The molecular formula is C21H19N5OS. The summed E-state index contributed by atoms with van der Waals surface area (Å²) in [6.07, 6.45) is 0. The van der Waals surface area contributed by atoms with E-state index in [1.54, 1.807) is 4.68 Å². The Morgan fingerprint density at radius 2 is 1.79 bits per heavy atom. The molecule has 0 saturated heterocycles. The summed E-state index contributed by atoms with van der Waals surface area (Å²) < 4.78 is 1.64. The molecule has 0 fully saturated rings. The molecule has 0 aliphatic heterocycles. The average molecular weight is 389 g/mol. The van der Waals surface area contributed by atoms with Gasteiger partial charge in [0.15, 0.2) is 0 Å². The van der Waals surface area contributed by atoms with Gasteiger partial charge in [-0.25, -0.2) is 0 Å². The van der Waals surface area contributed by atoms with Crippen LogP contribution in [-0.2, 0) is 4.79 Å². The maximum absolute atomic E-state index is 12.8. The number of carbonyl (C=O) groups is 1. The number of aryl methyl sites for hydroxylation is 1. The van der Waals surface area contributed by atoms with Crippen LogP contribution in [0.3, 0.4) is 0 Å². The largest absolute Gasteiger partial charge is 0.325 e. The molecule has 4 rings (SSSR count). The molecule has 0 aliphatic carbocycles. The van der Waals surface area contributed by atoms with Gasteiger partial charge in [0.05, 0.1) is 10.9 Å². The van der Waals surface area contributed by atoms with Gasteiger partial charge in [0, 0.05) is 11.1 Å². The molecule has 1 aromatic heterocycles. The first-order valence-electron chi connectivity index (χ1n) is 8.92. The van der Waals surface area contributed by atoms with E-state index in [1.165, 1.54) is 11.8 Å². The van der Waals surface area contributed by atoms with Gasteiger partial charge in [0.1, 0.15) is 0 Å². The van der Waals surface area contributed by atoms with Gasteiger partial charge in [0.2, 0.25) is 11.1 Å². The van der Waals surface area contributed by atoms with Crippen LogP contribution in [0.2, 0.25) is 0 Å². The zero-order chi connectivity index (χ0) is 19.5. The molecule has 140 valence electrons. The second-order valence-electron chi connectivity index (χ2n) is 6.48. The minimum Gasteiger partial charge on any atom is -0.325 e. The third kappa shape index (κ3) is 3.75. The number of amides is 1. The zero-order valence-electron chi connectivity index (χ0n) is 15.5. The minimum absolute atomic E-state index is 0.0974. The van der Waals surface area contributed by atoms with Crippen LogP contribution in [0.5, 0.6) is 0 Å². The summed E-state index contributed by atoms with van der Waals surface area (Å²) in [6.45, 7) is 3.87. The highest BCUT2D eigenvalue weighted by Gasteiger charge is 2.20. The summed E-state index contributed by atoms with van der Waals surface area (Å²) >= 11 is 1.32. The number of hydrogen-bond donors (Lipinski definition) is 1. The van der Waals surface area contributed by atoms with Crippen LogP contribution in [0.25, 0.3) is 16.5 Å². The molecular weight excluding hydrogens is 370 g/mol. The highest BCUT2D eigenvalue weighted by atomic mass is 32.2. The molecule has 1 amide bonds. The summed E-state index contributed by atoms with van der Waals surface area (Å²) in [4.78, 5) is 12.8. The Balaban J connectivity index is 1.51. The Bertz CT molecular complexity index is 1120. The Hall–Kier alpha value is -3.19. The highest BCUT2D eigenvalue weighted by Crippen LogP contribution is 2.26. The van der Waals surface area contributed by atoms with Crippen molar-refractivity contribution in [1.82, 2.24) is 20.2 Å². The molecule has 28 heavy (non-hydrogen) atoms. The van der Waals surface area contributed by atoms with E-state index in [4.69, 9.17) is 0 Å². The number of thioether (sulfide) groups is 1. The lowest BCUT2D eigenvalue weighted by Crippen LogP contribution is -2.23. The number of fused-ring (bicyclic) bond motifs is 1. The topological polar surface area (TPSA) is 72.7 Å². The minimum atomic E-state index is -0.367. The number of rotatable bonds is 5. The van der Waals surface area contributed by atoms with E-state index in [-0.39, 0.29) is 11.2 Å². The lowest BCUT2D eigenvalue weighted by Gasteiger charge is -2.13. The summed E-state index contributed by atoms with van der Waals surface area (Å²) in [5.74, 6) is -0.0974. The van der Waals surface area contributed by atoms with Gasteiger partial charge in [-0.2, -0.15) is 4.68 Å². The number of nitrogens with one attached hydrogen (secondary N) is 1. The molecule has 1 atom stereocenters. The number of nitrogens with zero attached hydrogens (tertiary/aromatic N) is 4. The van der Waals surface area contributed by atoms with E-state index in [2.05, 4.69) is 20.8 Å². The number of benzene rings is 3. The fourth-order valence-electron chi connectivity index (χ4n) is 2.88. The molecule has 7 heteroatoms. The van der Waals surface area contributed by atoms with E-state index in [0.717, 1.165) is 27.7 Å². The van der Waals surface area contributed by atoms with E-state index in [1.807, 2.05) is 80.6 Å². The van der Waals surface area contributed by atoms with Gasteiger partial charge in [-0.05, 0) is 47.9 Å². The fraction of sp³-hybridized carbons (Fsp3) is 0.143. The number of aromatic nitrogens is 4. The van der Waals surface area contributed by atoms with Crippen LogP contribution in [0, 0.1) is 6.92 Å². The summed E-state index contributed by atoms with van der Waals surface area (Å²) in [5.41, 5.74) is 2.82. The zero-order valence-corrected chi connectivity index (χ0v) is 16.4. The SMILES string of the molecule is Cc1ccc(-n2nnnc2SC(C)C(=O)Nc2cccc3ccccc23)cc1. The Morgan fingerprint density at radius 3 is 2.61 bits per heavy atom. The molecule has 1 N–H and O–H groups in total. The van der Waals surface area contributed by atoms with Crippen LogP contribution in [0.15, 0.2) is 71.9 Å². The normalized spacial score (nSPS) is 12.1. The Labute approximate surface area is 167 Å². The quantitative estimate of drug-likeness (QED) is 0.517. The summed E-state index contributed by atoms with van der Waals surface area (Å²) in [7, 11) is 0. The van der Waals surface area contributed by atoms with Gasteiger partial charge >= 0.3 is 0 Å². The van der Waals surface area contributed by atoms with E-state index in [9.17, 15) is 4.79 Å². The Morgan fingerprint density at radius 1 is 1.04 bits per heavy atom. The summed E-state index contributed by atoms with van der Waals surface area (Å²) in [5, 5.41) is 17.2. The van der Waals surface area contributed by atoms with Gasteiger partial charge in [0.25, 0.3) is 0 Å². The lowest BCUT2D eigenvalue weighted by molar-refractivity contribution is -0.115. The van der Waals surface area contributed by atoms with Crippen LogP contribution in [0.1, 0.15) is 12.5 Å². The van der Waals surface area contributed by atoms with Crippen molar-refractivity contribution in [3.05, 3.63) is 72.3 Å². The van der Waals surface area contributed by atoms with Crippen LogP contribution < -0.4 is 5.32 Å². The van der Waals surface area contributed by atoms with Gasteiger partial charge in [-0.3, -0.25) is 4.79 Å². The number of carbonyl (C=O) groups excluding carboxylic acids is 1. The lowest BCUT2D eigenvalue weighted by atomic mass is 10.1. The van der Waals surface area contributed by atoms with Crippen LogP contribution >= 0.6 is 11.8 Å². The van der Waals surface area contributed by atoms with Crippen molar-refractivity contribution >= 4 is 34.1 Å². The van der Waals surface area contributed by atoms with Crippen molar-refractivity contribution in [2.75, 3.05) is 5.32 Å². The van der Waals surface area contributed by atoms with Crippen molar-refractivity contribution in [2.45, 2.75) is 24.3 Å². The molecule has 0 saturated carbocycles. The van der Waals surface area contributed by atoms with Gasteiger partial charge in [-0.1, -0.05) is 65.9 Å². The molecule has 6 nitrogen and oxygen atoms in total. The molecule has 4 aromatic rings. The van der Waals surface area contributed by atoms with E-state index < -0.39 is 0 Å². The average Bonchev–Trinajstić information content (AvgIpc) is 3.17. The van der Waals surface area contributed by atoms with E-state index in [0.29, 0.717) is 5.16 Å². The molecule has 3 aromatic carbocycles. The second-order valence-corrected chi connectivity index (χ2v) is 7.79. The first-order valence-corrected chi connectivity index (χ1v) is 9.80. The van der Waals surface area contributed by atoms with E-state index >= 15 is 0 Å². The second kappa shape index (κ2) is 7.82. The van der Waals surface area contributed by atoms with Gasteiger partial charge < -0.3 is 5.32 Å². The van der Waals surface area contributed by atoms with Crippen molar-refractivity contribution in [2.24, 2.45) is 0 Å². The Kier molecular flexibility index (Phi) is 5.08. The predicted molar refractivity (Wildman–Crippen MR) is 112 cm³/mol. The first kappa shape index (κ1) is 18.2. The number of hydrogen-bond acceptors (Lipinski definition) is 5. The monoisotopic (exact) mass is 389 g/mol. The molecule has 0 radical (unpaired) electrons. The maximum Gasteiger partial charge on any atom is 0.237 e. The van der Waals surface area contributed by atoms with Crippen molar-refractivity contribution < 1.29 is 4.79 Å². The third-order valence-electron chi connectivity index (χ3n) is 4.42. The maximum atomic E-state index is 12.8. The molecule has 0 bridgehead atoms. The van der Waals surface area contributed by atoms with Crippen molar-refractivity contribution in [3.63, 3.8) is 0 Å². The number of anilines is 1. The highest BCUT2D eigenvalue weighted by molar-refractivity contribution is 8.00. The molecule has 0 aliphatic rings. The first-order chi connectivity index (χ1) is 13.6. The fourth-order valence-corrected chi connectivity index (χ4v) is 3.69. The molecule has 1 heterocycles. The summed E-state index contributed by atoms with van der Waals surface area (Å²) in [6, 6.07) is 21.8. The number of tetrazole rings is 1. The van der Waals surface area contributed by atoms with Crippen LogP contribution in [-0.4, -0.2) is 31.4 Å².